The van der Waals surface area contributed by atoms with Gasteiger partial charge in [0.2, 0.25) is 0 Å². The predicted octanol–water partition coefficient (Wildman–Crippen LogP) is 6.85. The molecular weight excluding hydrogens is 331 g/mol. The van der Waals surface area contributed by atoms with Gasteiger partial charge in [-0.05, 0) is 92.5 Å². The Labute approximate surface area is 163 Å². The van der Waals surface area contributed by atoms with Gasteiger partial charge in [-0.1, -0.05) is 48.9 Å². The van der Waals surface area contributed by atoms with Crippen molar-refractivity contribution < 1.29 is 4.39 Å². The first-order valence-corrected chi connectivity index (χ1v) is 10.5. The first kappa shape index (κ1) is 18.3. The lowest BCUT2D eigenvalue weighted by molar-refractivity contribution is 0.124. The molecule has 140 valence electrons. The van der Waals surface area contributed by atoms with E-state index >= 15 is 0 Å². The molecule has 2 aromatic rings. The van der Waals surface area contributed by atoms with Crippen molar-refractivity contribution in [1.29, 1.82) is 0 Å². The SMILES string of the molecule is Cc1ccc(C#Cc2ccc([C@@H]3CC[C@@H]4CC(C)CC[C@@H]4C3)cc2F)cc1. The summed E-state index contributed by atoms with van der Waals surface area (Å²) >= 11 is 0. The summed E-state index contributed by atoms with van der Waals surface area (Å²) in [5.74, 6) is 9.09. The predicted molar refractivity (Wildman–Crippen MR) is 110 cm³/mol. The van der Waals surface area contributed by atoms with Crippen LogP contribution in [0.2, 0.25) is 0 Å². The molecule has 1 unspecified atom stereocenters. The number of benzene rings is 2. The van der Waals surface area contributed by atoms with Gasteiger partial charge in [-0.25, -0.2) is 4.39 Å². The van der Waals surface area contributed by atoms with Crippen molar-refractivity contribution in [3.05, 3.63) is 70.5 Å². The standard InChI is InChI=1S/C26H29F/c1-18-3-6-20(7-4-18)8-10-21-11-12-25(17-26(21)27)24-14-13-22-15-19(2)5-9-23(22)16-24/h3-4,6-7,11-12,17,19,22-24H,5,9,13-16H2,1-2H3/t19?,22-,23-,24-/m1/s1. The smallest absolute Gasteiger partial charge is 0.139 e. The van der Waals surface area contributed by atoms with Gasteiger partial charge in [-0.2, -0.15) is 0 Å². The Morgan fingerprint density at radius 2 is 1.59 bits per heavy atom. The third-order valence-electron chi connectivity index (χ3n) is 6.73. The minimum Gasteiger partial charge on any atom is -0.206 e. The van der Waals surface area contributed by atoms with Crippen LogP contribution in [0.1, 0.15) is 73.6 Å². The maximum absolute atomic E-state index is 14.7. The fourth-order valence-electron chi connectivity index (χ4n) is 5.09. The van der Waals surface area contributed by atoms with Crippen LogP contribution >= 0.6 is 0 Å². The van der Waals surface area contributed by atoms with Gasteiger partial charge >= 0.3 is 0 Å². The van der Waals surface area contributed by atoms with E-state index in [1.54, 1.807) is 6.07 Å². The summed E-state index contributed by atoms with van der Waals surface area (Å²) in [6.45, 7) is 4.45. The van der Waals surface area contributed by atoms with E-state index in [1.165, 1.54) is 49.7 Å². The van der Waals surface area contributed by atoms with Gasteiger partial charge in [0, 0.05) is 5.56 Å². The molecule has 2 aliphatic carbocycles. The van der Waals surface area contributed by atoms with Crippen LogP contribution in [0.15, 0.2) is 42.5 Å². The fourth-order valence-corrected chi connectivity index (χ4v) is 5.09. The molecule has 2 aliphatic rings. The van der Waals surface area contributed by atoms with Crippen LogP contribution in [-0.4, -0.2) is 0 Å². The van der Waals surface area contributed by atoms with E-state index in [9.17, 15) is 4.39 Å². The van der Waals surface area contributed by atoms with E-state index < -0.39 is 0 Å². The summed E-state index contributed by atoms with van der Waals surface area (Å²) in [4.78, 5) is 0. The van der Waals surface area contributed by atoms with E-state index in [4.69, 9.17) is 0 Å². The molecule has 0 nitrogen and oxygen atoms in total. The van der Waals surface area contributed by atoms with Crippen molar-refractivity contribution in [3.8, 4) is 11.8 Å². The zero-order valence-corrected chi connectivity index (χ0v) is 16.5. The molecule has 0 saturated heterocycles. The molecule has 0 spiro atoms. The molecule has 27 heavy (non-hydrogen) atoms. The van der Waals surface area contributed by atoms with Crippen LogP contribution in [0.25, 0.3) is 0 Å². The van der Waals surface area contributed by atoms with Gasteiger partial charge in [-0.3, -0.25) is 0 Å². The summed E-state index contributed by atoms with van der Waals surface area (Å²) < 4.78 is 14.7. The highest BCUT2D eigenvalue weighted by Gasteiger charge is 2.34. The zero-order chi connectivity index (χ0) is 18.8. The van der Waals surface area contributed by atoms with Crippen molar-refractivity contribution in [2.45, 2.75) is 58.3 Å². The van der Waals surface area contributed by atoms with Gasteiger partial charge in [0.1, 0.15) is 5.82 Å². The van der Waals surface area contributed by atoms with Crippen molar-refractivity contribution in [2.24, 2.45) is 17.8 Å². The molecule has 0 aromatic heterocycles. The Morgan fingerprint density at radius 3 is 2.37 bits per heavy atom. The molecular formula is C26H29F. The lowest BCUT2D eigenvalue weighted by Crippen LogP contribution is -2.29. The van der Waals surface area contributed by atoms with Gasteiger partial charge in [-0.15, -0.1) is 0 Å². The van der Waals surface area contributed by atoms with E-state index in [0.29, 0.717) is 11.5 Å². The van der Waals surface area contributed by atoms with Crippen LogP contribution in [0.5, 0.6) is 0 Å². The van der Waals surface area contributed by atoms with Crippen LogP contribution < -0.4 is 0 Å². The number of aryl methyl sites for hydroxylation is 1. The van der Waals surface area contributed by atoms with Gasteiger partial charge in [0.05, 0.1) is 5.56 Å². The molecule has 0 radical (unpaired) electrons. The second kappa shape index (κ2) is 7.89. The third kappa shape index (κ3) is 4.27. The first-order chi connectivity index (χ1) is 13.1. The van der Waals surface area contributed by atoms with Crippen molar-refractivity contribution in [2.75, 3.05) is 0 Å². The van der Waals surface area contributed by atoms with Gasteiger partial charge in [0.15, 0.2) is 0 Å². The van der Waals surface area contributed by atoms with Gasteiger partial charge in [0.25, 0.3) is 0 Å². The molecule has 0 N–H and O–H groups in total. The van der Waals surface area contributed by atoms with Crippen molar-refractivity contribution >= 4 is 0 Å². The Balaban J connectivity index is 1.47. The molecule has 2 saturated carbocycles. The molecule has 0 bridgehead atoms. The molecule has 4 atom stereocenters. The van der Waals surface area contributed by atoms with Crippen LogP contribution in [0.3, 0.4) is 0 Å². The molecule has 0 amide bonds. The molecule has 0 aliphatic heterocycles. The number of rotatable bonds is 1. The largest absolute Gasteiger partial charge is 0.206 e. The molecule has 2 aromatic carbocycles. The van der Waals surface area contributed by atoms with E-state index in [-0.39, 0.29) is 5.82 Å². The second-order valence-electron chi connectivity index (χ2n) is 8.80. The van der Waals surface area contributed by atoms with Gasteiger partial charge < -0.3 is 0 Å². The fraction of sp³-hybridized carbons (Fsp3) is 0.462. The van der Waals surface area contributed by atoms with E-state index in [2.05, 4.69) is 31.8 Å². The Kier molecular flexibility index (Phi) is 5.35. The monoisotopic (exact) mass is 360 g/mol. The van der Waals surface area contributed by atoms with Crippen molar-refractivity contribution in [1.82, 2.24) is 0 Å². The van der Waals surface area contributed by atoms with E-state index in [0.717, 1.165) is 23.3 Å². The second-order valence-corrected chi connectivity index (χ2v) is 8.80. The van der Waals surface area contributed by atoms with Crippen LogP contribution in [-0.2, 0) is 0 Å². The average Bonchev–Trinajstić information content (AvgIpc) is 2.68. The Hall–Kier alpha value is -2.07. The minimum absolute atomic E-state index is 0.175. The molecule has 1 heteroatoms. The summed E-state index contributed by atoms with van der Waals surface area (Å²) in [6, 6.07) is 13.8. The number of hydrogen-bond acceptors (Lipinski definition) is 0. The normalized spacial score (nSPS) is 27.4. The summed E-state index contributed by atoms with van der Waals surface area (Å²) in [5.41, 5.74) is 3.80. The van der Waals surface area contributed by atoms with E-state index in [1.807, 2.05) is 30.3 Å². The molecule has 4 rings (SSSR count). The quantitative estimate of drug-likeness (QED) is 0.488. The summed E-state index contributed by atoms with van der Waals surface area (Å²) in [7, 11) is 0. The van der Waals surface area contributed by atoms with Crippen LogP contribution in [0.4, 0.5) is 4.39 Å². The van der Waals surface area contributed by atoms with Crippen molar-refractivity contribution in [3.63, 3.8) is 0 Å². The lowest BCUT2D eigenvalue weighted by atomic mass is 9.64. The topological polar surface area (TPSA) is 0 Å². The number of fused-ring (bicyclic) bond motifs is 1. The Bertz CT molecular complexity index is 852. The third-order valence-corrected chi connectivity index (χ3v) is 6.73. The Morgan fingerprint density at radius 1 is 0.852 bits per heavy atom. The highest BCUT2D eigenvalue weighted by Crippen LogP contribution is 2.47. The zero-order valence-electron chi connectivity index (χ0n) is 16.5. The highest BCUT2D eigenvalue weighted by atomic mass is 19.1. The summed E-state index contributed by atoms with van der Waals surface area (Å²) in [6.07, 6.45) is 7.91. The number of halogens is 1. The van der Waals surface area contributed by atoms with Crippen LogP contribution in [0, 0.1) is 42.3 Å². The molecule has 2 fully saturated rings. The molecule has 0 heterocycles. The minimum atomic E-state index is -0.175. The highest BCUT2D eigenvalue weighted by molar-refractivity contribution is 5.45. The maximum Gasteiger partial charge on any atom is 0.139 e. The summed E-state index contributed by atoms with van der Waals surface area (Å²) in [5, 5.41) is 0. The first-order valence-electron chi connectivity index (χ1n) is 10.5. The maximum atomic E-state index is 14.7. The number of hydrogen-bond donors (Lipinski definition) is 0. The lowest BCUT2D eigenvalue weighted by Gasteiger charge is -2.41. The average molecular weight is 361 g/mol.